The summed E-state index contributed by atoms with van der Waals surface area (Å²) in [4.78, 5) is 11.3. The zero-order valence-corrected chi connectivity index (χ0v) is 14.7. The quantitative estimate of drug-likeness (QED) is 0.713. The Bertz CT molecular complexity index is 949. The van der Waals surface area contributed by atoms with Crippen LogP contribution in [0.5, 0.6) is 5.75 Å². The Morgan fingerprint density at radius 1 is 1.38 bits per heavy atom. The number of methoxy groups -OCH3 is 1. The number of nitrogens with zero attached hydrogens (tertiary/aromatic N) is 3. The zero-order chi connectivity index (χ0) is 17.4. The van der Waals surface area contributed by atoms with Crippen LogP contribution in [0.3, 0.4) is 0 Å². The fraction of sp³-hybridized carbons (Fsp3) is 0.235. The highest BCUT2D eigenvalue weighted by atomic mass is 35.5. The van der Waals surface area contributed by atoms with Crippen molar-refractivity contribution < 1.29 is 9.26 Å². The zero-order valence-electron chi connectivity index (χ0n) is 13.9. The van der Waals surface area contributed by atoms with Gasteiger partial charge in [0.1, 0.15) is 22.5 Å². The average molecular weight is 345 g/mol. The van der Waals surface area contributed by atoms with E-state index in [9.17, 15) is 0 Å². The van der Waals surface area contributed by atoms with Crippen molar-refractivity contribution in [3.63, 3.8) is 0 Å². The molecule has 124 valence electrons. The second-order valence-electron chi connectivity index (χ2n) is 5.32. The van der Waals surface area contributed by atoms with Crippen molar-refractivity contribution in [1.29, 1.82) is 0 Å². The first-order chi connectivity index (χ1) is 11.5. The average Bonchev–Trinajstić information content (AvgIpc) is 3.11. The Labute approximate surface area is 144 Å². The van der Waals surface area contributed by atoms with E-state index in [1.165, 1.54) is 0 Å². The molecule has 0 spiro atoms. The van der Waals surface area contributed by atoms with Crippen LogP contribution in [0.1, 0.15) is 17.0 Å². The third-order valence-electron chi connectivity index (χ3n) is 3.96. The van der Waals surface area contributed by atoms with Gasteiger partial charge < -0.3 is 14.2 Å². The molecule has 6 nitrogen and oxygen atoms in total. The normalized spacial score (nSPS) is 12.0. The van der Waals surface area contributed by atoms with Crippen molar-refractivity contribution in [3.8, 4) is 16.9 Å². The van der Waals surface area contributed by atoms with Crippen molar-refractivity contribution in [1.82, 2.24) is 10.1 Å². The first-order valence-corrected chi connectivity index (χ1v) is 7.65. The lowest BCUT2D eigenvalue weighted by Crippen LogP contribution is -1.93. The summed E-state index contributed by atoms with van der Waals surface area (Å²) >= 11 is 6.26. The highest BCUT2D eigenvalue weighted by Gasteiger charge is 2.21. The van der Waals surface area contributed by atoms with Crippen LogP contribution in [-0.4, -0.2) is 36.2 Å². The molecule has 0 atom stereocenters. The first kappa shape index (κ1) is 16.3. The van der Waals surface area contributed by atoms with Gasteiger partial charge in [-0.1, -0.05) is 16.8 Å². The Morgan fingerprint density at radius 3 is 2.67 bits per heavy atom. The van der Waals surface area contributed by atoms with E-state index >= 15 is 0 Å². The molecule has 0 aliphatic rings. The second kappa shape index (κ2) is 6.13. The van der Waals surface area contributed by atoms with Crippen LogP contribution in [0.15, 0.2) is 26.6 Å². The van der Waals surface area contributed by atoms with Crippen LogP contribution in [0.2, 0.25) is 0 Å². The van der Waals surface area contributed by atoms with E-state index in [4.69, 9.17) is 20.9 Å². The van der Waals surface area contributed by atoms with Crippen LogP contribution in [-0.2, 0) is 0 Å². The molecule has 0 aliphatic carbocycles. The van der Waals surface area contributed by atoms with Crippen LogP contribution >= 0.6 is 11.6 Å². The summed E-state index contributed by atoms with van der Waals surface area (Å²) in [5.74, 6) is 1.99. The minimum absolute atomic E-state index is 0.357. The van der Waals surface area contributed by atoms with Crippen molar-refractivity contribution >= 4 is 40.2 Å². The molecule has 2 heterocycles. The Balaban J connectivity index is 2.38. The molecular formula is C17H17ClN4O2. The molecule has 0 radical (unpaired) electrons. The number of aryl methyl sites for hydroxylation is 2. The van der Waals surface area contributed by atoms with E-state index in [1.54, 1.807) is 14.2 Å². The van der Waals surface area contributed by atoms with E-state index < -0.39 is 0 Å². The van der Waals surface area contributed by atoms with Crippen LogP contribution in [0.25, 0.3) is 22.0 Å². The Morgan fingerprint density at radius 2 is 2.12 bits per heavy atom. The van der Waals surface area contributed by atoms with Crippen LogP contribution in [0.4, 0.5) is 5.82 Å². The van der Waals surface area contributed by atoms with Crippen molar-refractivity contribution in [2.24, 2.45) is 9.98 Å². The summed E-state index contributed by atoms with van der Waals surface area (Å²) in [5.41, 5.74) is 4.15. The predicted octanol–water partition coefficient (Wildman–Crippen LogP) is 4.40. The Kier molecular flexibility index (Phi) is 4.15. The van der Waals surface area contributed by atoms with Gasteiger partial charge >= 0.3 is 0 Å². The van der Waals surface area contributed by atoms with Gasteiger partial charge in [0.25, 0.3) is 0 Å². The summed E-state index contributed by atoms with van der Waals surface area (Å²) in [6.07, 6.45) is 0. The summed E-state index contributed by atoms with van der Waals surface area (Å²) in [6, 6.07) is 3.88. The van der Waals surface area contributed by atoms with Crippen molar-refractivity contribution in [2.45, 2.75) is 13.8 Å². The lowest BCUT2D eigenvalue weighted by atomic mass is 10.0. The molecule has 2 aromatic heterocycles. The summed E-state index contributed by atoms with van der Waals surface area (Å²) in [7, 11) is 3.25. The van der Waals surface area contributed by atoms with E-state index in [-0.39, 0.29) is 0 Å². The highest BCUT2D eigenvalue weighted by Crippen LogP contribution is 2.40. The van der Waals surface area contributed by atoms with Crippen molar-refractivity contribution in [2.75, 3.05) is 14.2 Å². The number of aromatic nitrogens is 2. The summed E-state index contributed by atoms with van der Waals surface area (Å²) < 4.78 is 10.9. The van der Waals surface area contributed by atoms with Gasteiger partial charge in [-0.2, -0.15) is 0 Å². The highest BCUT2D eigenvalue weighted by molar-refractivity contribution is 6.71. The molecule has 1 N–H and O–H groups in total. The number of nitrogens with one attached hydrogen (secondary N) is 1. The monoisotopic (exact) mass is 344 g/mol. The number of aliphatic imine (C=N–C) groups is 2. The van der Waals surface area contributed by atoms with Gasteiger partial charge in [0.15, 0.2) is 0 Å². The van der Waals surface area contributed by atoms with E-state index in [1.807, 2.05) is 26.0 Å². The number of fused-ring (bicyclic) bond motifs is 1. The molecule has 0 fully saturated rings. The molecule has 24 heavy (non-hydrogen) atoms. The van der Waals surface area contributed by atoms with E-state index in [0.29, 0.717) is 22.3 Å². The minimum atomic E-state index is 0.357. The molecule has 0 amide bonds. The summed E-state index contributed by atoms with van der Waals surface area (Å²) in [5, 5.41) is 5.24. The van der Waals surface area contributed by atoms with Gasteiger partial charge in [-0.15, -0.1) is 0 Å². The number of H-pyrrole nitrogens is 1. The fourth-order valence-corrected chi connectivity index (χ4v) is 3.07. The van der Waals surface area contributed by atoms with Gasteiger partial charge in [0.05, 0.1) is 23.9 Å². The number of hydrogen-bond donors (Lipinski definition) is 1. The number of hydrogen-bond acceptors (Lipinski definition) is 5. The van der Waals surface area contributed by atoms with Crippen LogP contribution < -0.4 is 4.74 Å². The minimum Gasteiger partial charge on any atom is -0.496 e. The number of rotatable bonds is 4. The summed E-state index contributed by atoms with van der Waals surface area (Å²) in [6.45, 7) is 7.36. The van der Waals surface area contributed by atoms with Gasteiger partial charge in [0, 0.05) is 23.5 Å². The lowest BCUT2D eigenvalue weighted by molar-refractivity contribution is 0.393. The largest absolute Gasteiger partial charge is 0.496 e. The fourth-order valence-electron chi connectivity index (χ4n) is 2.88. The van der Waals surface area contributed by atoms with Crippen LogP contribution in [0, 0.1) is 13.8 Å². The molecule has 7 heteroatoms. The standard InChI is InChI=1S/C17H17ClN4O2/c1-8-14(9(2)24-22-8)11-6-12-10(7-13(11)23-5)15(16(18)19-3)17(20-4)21-12/h6-7,21H,4H2,1-3,5H3/b19-16+. The first-order valence-electron chi connectivity index (χ1n) is 7.28. The van der Waals surface area contributed by atoms with Gasteiger partial charge in [0.2, 0.25) is 0 Å². The lowest BCUT2D eigenvalue weighted by Gasteiger charge is -2.09. The number of benzene rings is 1. The number of ether oxygens (including phenoxy) is 1. The Hall–Kier alpha value is -2.60. The molecule has 3 aromatic rings. The third kappa shape index (κ3) is 2.39. The molecular weight excluding hydrogens is 328 g/mol. The van der Waals surface area contributed by atoms with Gasteiger partial charge in [-0.25, -0.2) is 4.99 Å². The van der Waals surface area contributed by atoms with Gasteiger partial charge in [-0.05, 0) is 32.7 Å². The maximum Gasteiger partial charge on any atom is 0.141 e. The molecule has 0 saturated heterocycles. The predicted molar refractivity (Wildman–Crippen MR) is 97.3 cm³/mol. The van der Waals surface area contributed by atoms with Crippen molar-refractivity contribution in [3.05, 3.63) is 29.2 Å². The number of aromatic amines is 1. The maximum absolute atomic E-state index is 6.26. The maximum atomic E-state index is 6.26. The second-order valence-corrected chi connectivity index (χ2v) is 5.68. The molecule has 0 bridgehead atoms. The van der Waals surface area contributed by atoms with Gasteiger partial charge in [-0.3, -0.25) is 4.99 Å². The molecule has 0 unspecified atom stereocenters. The molecule has 1 aromatic carbocycles. The molecule has 0 aliphatic heterocycles. The van der Waals surface area contributed by atoms with E-state index in [0.717, 1.165) is 33.5 Å². The topological polar surface area (TPSA) is 75.8 Å². The SMILES string of the molecule is C=Nc1[nH]c2cc(-c3c(C)noc3C)c(OC)cc2c1/C(Cl)=N\C. The smallest absolute Gasteiger partial charge is 0.141 e. The molecule has 3 rings (SSSR count). The third-order valence-corrected chi connectivity index (χ3v) is 4.32. The van der Waals surface area contributed by atoms with E-state index in [2.05, 4.69) is 26.8 Å². The number of halogens is 1. The molecule has 0 saturated carbocycles.